The zero-order valence-electron chi connectivity index (χ0n) is 10.2. The van der Waals surface area contributed by atoms with Crippen LogP contribution in [0.25, 0.3) is 0 Å². The minimum Gasteiger partial charge on any atom is -0.356 e. The van der Waals surface area contributed by atoms with E-state index in [9.17, 15) is 4.79 Å². The molecular weight excluding hydrogens is 280 g/mol. The van der Waals surface area contributed by atoms with Gasteiger partial charge in [0.2, 0.25) is 0 Å². The fourth-order valence-electron chi connectivity index (χ4n) is 2.26. The molecule has 0 atom stereocenters. The van der Waals surface area contributed by atoms with E-state index >= 15 is 0 Å². The molecule has 0 amide bonds. The fourth-order valence-corrected chi connectivity index (χ4v) is 2.97. The van der Waals surface area contributed by atoms with Crippen LogP contribution in [0.2, 0.25) is 0 Å². The second-order valence-electron chi connectivity index (χ2n) is 4.69. The van der Waals surface area contributed by atoms with Crippen molar-refractivity contribution in [2.45, 2.75) is 26.7 Å². The fraction of sp³-hybridized carbons (Fsp3) is 0.538. The van der Waals surface area contributed by atoms with Crippen LogP contribution in [0, 0.1) is 12.8 Å². The van der Waals surface area contributed by atoms with E-state index in [0.29, 0.717) is 5.78 Å². The summed E-state index contributed by atoms with van der Waals surface area (Å²) in [5.74, 6) is 1.56. The van der Waals surface area contributed by atoms with Crippen LogP contribution in [-0.2, 0) is 4.79 Å². The number of ketones is 1. The minimum absolute atomic E-state index is 0.246. The first kappa shape index (κ1) is 12.6. The molecule has 92 valence electrons. The third-order valence-electron chi connectivity index (χ3n) is 3.33. The monoisotopic (exact) mass is 296 g/mol. The molecule has 0 N–H and O–H groups in total. The molecule has 1 fully saturated rings. The average molecular weight is 297 g/mol. The van der Waals surface area contributed by atoms with Crippen molar-refractivity contribution in [1.82, 2.24) is 4.98 Å². The van der Waals surface area contributed by atoms with E-state index in [1.54, 1.807) is 6.92 Å². The zero-order valence-corrected chi connectivity index (χ0v) is 11.8. The summed E-state index contributed by atoms with van der Waals surface area (Å²) >= 11 is 3.56. The first-order chi connectivity index (χ1) is 8.08. The SMILES string of the molecule is CC(=O)C1CCN(c2ncc(C)cc2Br)CC1. The molecule has 0 aromatic carbocycles. The maximum absolute atomic E-state index is 11.3. The maximum atomic E-state index is 11.3. The predicted molar refractivity (Wildman–Crippen MR) is 72.3 cm³/mol. The summed E-state index contributed by atoms with van der Waals surface area (Å²) in [5.41, 5.74) is 1.15. The van der Waals surface area contributed by atoms with E-state index in [1.165, 1.54) is 0 Å². The molecule has 17 heavy (non-hydrogen) atoms. The van der Waals surface area contributed by atoms with Gasteiger partial charge in [0.25, 0.3) is 0 Å². The predicted octanol–water partition coefficient (Wildman–Crippen LogP) is 2.96. The van der Waals surface area contributed by atoms with Gasteiger partial charge in [0.15, 0.2) is 0 Å². The van der Waals surface area contributed by atoms with Crippen LogP contribution in [0.15, 0.2) is 16.7 Å². The highest BCUT2D eigenvalue weighted by Gasteiger charge is 2.23. The number of aromatic nitrogens is 1. The van der Waals surface area contributed by atoms with Crippen molar-refractivity contribution in [2.75, 3.05) is 18.0 Å². The number of Topliss-reactive ketones (excluding diaryl/α,β-unsaturated/α-hetero) is 1. The Morgan fingerprint density at radius 2 is 2.12 bits per heavy atom. The van der Waals surface area contributed by atoms with Crippen molar-refractivity contribution in [3.63, 3.8) is 0 Å². The highest BCUT2D eigenvalue weighted by atomic mass is 79.9. The molecule has 1 aromatic rings. The Kier molecular flexibility index (Phi) is 3.82. The Morgan fingerprint density at radius 3 is 2.65 bits per heavy atom. The summed E-state index contributed by atoms with van der Waals surface area (Å²) in [6, 6.07) is 2.08. The molecule has 0 radical (unpaired) electrons. The highest BCUT2D eigenvalue weighted by molar-refractivity contribution is 9.10. The molecule has 0 spiro atoms. The third kappa shape index (κ3) is 2.86. The molecule has 0 bridgehead atoms. The van der Waals surface area contributed by atoms with Gasteiger partial charge in [-0.3, -0.25) is 4.79 Å². The molecular formula is C13H17BrN2O. The van der Waals surface area contributed by atoms with E-state index in [1.807, 2.05) is 13.1 Å². The molecule has 1 aliphatic heterocycles. The summed E-state index contributed by atoms with van der Waals surface area (Å²) < 4.78 is 1.04. The lowest BCUT2D eigenvalue weighted by molar-refractivity contribution is -0.121. The molecule has 1 aromatic heterocycles. The second kappa shape index (κ2) is 5.17. The molecule has 0 unspecified atom stereocenters. The van der Waals surface area contributed by atoms with Gasteiger partial charge in [-0.1, -0.05) is 0 Å². The van der Waals surface area contributed by atoms with Crippen molar-refractivity contribution < 1.29 is 4.79 Å². The van der Waals surface area contributed by atoms with Crippen LogP contribution >= 0.6 is 15.9 Å². The summed E-state index contributed by atoms with van der Waals surface area (Å²) in [5, 5.41) is 0. The van der Waals surface area contributed by atoms with Gasteiger partial charge in [0.1, 0.15) is 11.6 Å². The number of anilines is 1. The van der Waals surface area contributed by atoms with Gasteiger partial charge in [-0.25, -0.2) is 4.98 Å². The minimum atomic E-state index is 0.246. The number of hydrogen-bond donors (Lipinski definition) is 0. The number of rotatable bonds is 2. The second-order valence-corrected chi connectivity index (χ2v) is 5.54. The van der Waals surface area contributed by atoms with Crippen molar-refractivity contribution in [1.29, 1.82) is 0 Å². The standard InChI is InChI=1S/C13H17BrN2O/c1-9-7-12(14)13(15-8-9)16-5-3-11(4-6-16)10(2)17/h7-8,11H,3-6H2,1-2H3. The Balaban J connectivity index is 2.08. The van der Waals surface area contributed by atoms with Gasteiger partial charge in [0.05, 0.1) is 4.47 Å². The van der Waals surface area contributed by atoms with Crippen LogP contribution < -0.4 is 4.90 Å². The number of carbonyl (C=O) groups excluding carboxylic acids is 1. The average Bonchev–Trinajstić information content (AvgIpc) is 2.29. The molecule has 2 rings (SSSR count). The van der Waals surface area contributed by atoms with E-state index in [4.69, 9.17) is 0 Å². The van der Waals surface area contributed by atoms with E-state index in [0.717, 1.165) is 41.8 Å². The van der Waals surface area contributed by atoms with Gasteiger partial charge >= 0.3 is 0 Å². The number of pyridine rings is 1. The Hall–Kier alpha value is -0.900. The van der Waals surface area contributed by atoms with Gasteiger partial charge in [-0.2, -0.15) is 0 Å². The number of halogens is 1. The number of hydrogen-bond acceptors (Lipinski definition) is 3. The molecule has 3 nitrogen and oxygen atoms in total. The van der Waals surface area contributed by atoms with Crippen LogP contribution in [-0.4, -0.2) is 23.9 Å². The topological polar surface area (TPSA) is 33.2 Å². The number of nitrogens with zero attached hydrogens (tertiary/aromatic N) is 2. The Labute approximate surface area is 110 Å². The first-order valence-corrected chi connectivity index (χ1v) is 6.75. The van der Waals surface area contributed by atoms with Gasteiger partial charge < -0.3 is 4.90 Å². The number of aryl methyl sites for hydroxylation is 1. The van der Waals surface area contributed by atoms with Gasteiger partial charge in [-0.15, -0.1) is 0 Å². The van der Waals surface area contributed by atoms with E-state index in [2.05, 4.69) is 31.9 Å². The summed E-state index contributed by atoms with van der Waals surface area (Å²) in [6.45, 7) is 5.56. The van der Waals surface area contributed by atoms with Crippen LogP contribution in [0.5, 0.6) is 0 Å². The molecule has 2 heterocycles. The van der Waals surface area contributed by atoms with Crippen LogP contribution in [0.3, 0.4) is 0 Å². The molecule has 4 heteroatoms. The lowest BCUT2D eigenvalue weighted by atomic mass is 9.93. The van der Waals surface area contributed by atoms with Crippen LogP contribution in [0.1, 0.15) is 25.3 Å². The lowest BCUT2D eigenvalue weighted by Crippen LogP contribution is -2.36. The Morgan fingerprint density at radius 1 is 1.47 bits per heavy atom. The maximum Gasteiger partial charge on any atom is 0.142 e. The van der Waals surface area contributed by atoms with E-state index < -0.39 is 0 Å². The summed E-state index contributed by atoms with van der Waals surface area (Å²) in [7, 11) is 0. The van der Waals surface area contributed by atoms with Crippen molar-refractivity contribution in [3.05, 3.63) is 22.3 Å². The molecule has 0 aliphatic carbocycles. The summed E-state index contributed by atoms with van der Waals surface area (Å²) in [4.78, 5) is 18.0. The third-order valence-corrected chi connectivity index (χ3v) is 3.91. The first-order valence-electron chi connectivity index (χ1n) is 5.95. The quantitative estimate of drug-likeness (QED) is 0.841. The number of carbonyl (C=O) groups is 1. The lowest BCUT2D eigenvalue weighted by Gasteiger charge is -2.32. The van der Waals surface area contributed by atoms with E-state index in [-0.39, 0.29) is 5.92 Å². The molecule has 1 aliphatic rings. The Bertz CT molecular complexity index is 425. The molecule has 1 saturated heterocycles. The van der Waals surface area contributed by atoms with Crippen molar-refractivity contribution >= 4 is 27.5 Å². The highest BCUT2D eigenvalue weighted by Crippen LogP contribution is 2.28. The van der Waals surface area contributed by atoms with Crippen LogP contribution in [0.4, 0.5) is 5.82 Å². The number of piperidine rings is 1. The smallest absolute Gasteiger partial charge is 0.142 e. The largest absolute Gasteiger partial charge is 0.356 e. The van der Waals surface area contributed by atoms with Gasteiger partial charge in [-0.05, 0) is 54.2 Å². The summed E-state index contributed by atoms with van der Waals surface area (Å²) in [6.07, 6.45) is 3.77. The van der Waals surface area contributed by atoms with Crippen molar-refractivity contribution in [3.8, 4) is 0 Å². The zero-order chi connectivity index (χ0) is 12.4. The van der Waals surface area contributed by atoms with Crippen molar-refractivity contribution in [2.24, 2.45) is 5.92 Å². The normalized spacial score (nSPS) is 17.2. The van der Waals surface area contributed by atoms with Gasteiger partial charge in [0, 0.05) is 25.2 Å². The molecule has 0 saturated carbocycles.